The predicted octanol–water partition coefficient (Wildman–Crippen LogP) is 0.840. The minimum Gasteiger partial charge on any atom is -0.459 e. The van der Waals surface area contributed by atoms with Crippen LogP contribution in [-0.2, 0) is 4.79 Å². The molecule has 0 aromatic carbocycles. The van der Waals surface area contributed by atoms with E-state index in [0.29, 0.717) is 0 Å². The number of amides is 2. The third kappa shape index (κ3) is 4.55. The van der Waals surface area contributed by atoms with Gasteiger partial charge in [0.25, 0.3) is 5.91 Å². The quantitative estimate of drug-likeness (QED) is 0.802. The number of hydrogen-bond acceptors (Lipinski definition) is 5. The monoisotopic (exact) mass is 336 g/mol. The smallest absolute Gasteiger partial charge is 0.287 e. The third-order valence-corrected chi connectivity index (χ3v) is 3.87. The van der Waals surface area contributed by atoms with E-state index in [-0.39, 0.29) is 43.6 Å². The van der Waals surface area contributed by atoms with Crippen molar-refractivity contribution >= 4 is 11.8 Å². The van der Waals surface area contributed by atoms with Crippen molar-refractivity contribution in [2.24, 2.45) is 0 Å². The molecule has 7 nitrogen and oxygen atoms in total. The molecule has 2 amide bonds. The summed E-state index contributed by atoms with van der Waals surface area (Å²) in [4.78, 5) is 25.3. The maximum atomic E-state index is 13.4. The molecule has 1 aromatic rings. The van der Waals surface area contributed by atoms with Crippen molar-refractivity contribution < 1.29 is 18.4 Å². The van der Waals surface area contributed by atoms with Crippen LogP contribution >= 0.6 is 0 Å². The number of hydrogen-bond donors (Lipinski definition) is 2. The van der Waals surface area contributed by atoms with Crippen LogP contribution in [0, 0.1) is 11.3 Å². The maximum Gasteiger partial charge on any atom is 0.287 e. The van der Waals surface area contributed by atoms with Crippen molar-refractivity contribution in [2.45, 2.75) is 38.0 Å². The molecule has 2 rings (SSSR count). The Labute approximate surface area is 139 Å². The van der Waals surface area contributed by atoms with E-state index in [0.717, 1.165) is 0 Å². The Morgan fingerprint density at radius 3 is 2.92 bits per heavy atom. The van der Waals surface area contributed by atoms with Gasteiger partial charge < -0.3 is 20.0 Å². The lowest BCUT2D eigenvalue weighted by Crippen LogP contribution is -2.52. The van der Waals surface area contributed by atoms with Crippen LogP contribution in [-0.4, -0.2) is 54.1 Å². The number of furan rings is 1. The summed E-state index contributed by atoms with van der Waals surface area (Å²) in [5.74, 6) is -0.456. The summed E-state index contributed by atoms with van der Waals surface area (Å²) in [6.45, 7) is 3.84. The molecule has 1 aliphatic heterocycles. The van der Waals surface area contributed by atoms with Gasteiger partial charge in [-0.2, -0.15) is 5.26 Å². The molecule has 0 radical (unpaired) electrons. The van der Waals surface area contributed by atoms with Crippen LogP contribution in [0.1, 0.15) is 30.8 Å². The zero-order chi connectivity index (χ0) is 17.7. The van der Waals surface area contributed by atoms with Gasteiger partial charge in [0.1, 0.15) is 12.2 Å². The molecule has 2 N–H and O–H groups in total. The number of nitrogens with zero attached hydrogens (tertiary/aromatic N) is 2. The fraction of sp³-hybridized carbons (Fsp3) is 0.562. The Bertz CT molecular complexity index is 624. The Morgan fingerprint density at radius 1 is 1.54 bits per heavy atom. The van der Waals surface area contributed by atoms with Gasteiger partial charge in [-0.3, -0.25) is 9.59 Å². The van der Waals surface area contributed by atoms with E-state index >= 15 is 0 Å². The van der Waals surface area contributed by atoms with Crippen LogP contribution < -0.4 is 10.6 Å². The van der Waals surface area contributed by atoms with Crippen molar-refractivity contribution in [1.82, 2.24) is 15.5 Å². The Balaban J connectivity index is 1.80. The minimum atomic E-state index is -1.15. The maximum absolute atomic E-state index is 13.4. The molecular weight excluding hydrogens is 315 g/mol. The van der Waals surface area contributed by atoms with Gasteiger partial charge in [-0.1, -0.05) is 0 Å². The Morgan fingerprint density at radius 2 is 2.29 bits per heavy atom. The van der Waals surface area contributed by atoms with Crippen molar-refractivity contribution in [3.8, 4) is 6.07 Å². The van der Waals surface area contributed by atoms with E-state index in [1.54, 1.807) is 12.1 Å². The van der Waals surface area contributed by atoms with E-state index in [1.165, 1.54) is 11.2 Å². The molecule has 0 aliphatic carbocycles. The van der Waals surface area contributed by atoms with Gasteiger partial charge in [-0.05, 0) is 26.0 Å². The largest absolute Gasteiger partial charge is 0.459 e. The van der Waals surface area contributed by atoms with Crippen molar-refractivity contribution in [3.63, 3.8) is 0 Å². The van der Waals surface area contributed by atoms with Gasteiger partial charge in [0.15, 0.2) is 5.76 Å². The zero-order valence-electron chi connectivity index (χ0n) is 13.7. The Kier molecular flexibility index (Phi) is 5.57. The molecule has 2 atom stereocenters. The van der Waals surface area contributed by atoms with E-state index in [9.17, 15) is 14.0 Å². The molecule has 1 fully saturated rings. The first-order valence-corrected chi connectivity index (χ1v) is 7.72. The fourth-order valence-electron chi connectivity index (χ4n) is 2.46. The van der Waals surface area contributed by atoms with Crippen molar-refractivity contribution in [2.75, 3.05) is 19.6 Å². The highest BCUT2D eigenvalue weighted by Crippen LogP contribution is 2.19. The first-order valence-electron chi connectivity index (χ1n) is 7.72. The van der Waals surface area contributed by atoms with Crippen molar-refractivity contribution in [1.29, 1.82) is 5.26 Å². The standard InChI is InChI=1S/C16H21FN4O3/c1-16(2,10-19-15(23)13-4-3-5-24-13)20-8-14(22)21-9-11(17)6-12(21)7-18/h3-5,11-12,20H,6,8-10H2,1-2H3,(H,19,23)/t11-,12-/m0/s1. The first-order chi connectivity index (χ1) is 11.3. The fourth-order valence-corrected chi connectivity index (χ4v) is 2.46. The first kappa shape index (κ1) is 17.9. The molecule has 1 aliphatic rings. The number of alkyl halides is 1. The summed E-state index contributed by atoms with van der Waals surface area (Å²) in [5.41, 5.74) is -0.561. The van der Waals surface area contributed by atoms with Crippen LogP contribution in [0.15, 0.2) is 22.8 Å². The number of rotatable bonds is 6. The predicted molar refractivity (Wildman–Crippen MR) is 83.7 cm³/mol. The molecule has 0 unspecified atom stereocenters. The lowest BCUT2D eigenvalue weighted by atomic mass is 10.1. The average Bonchev–Trinajstić information content (AvgIpc) is 3.19. The van der Waals surface area contributed by atoms with Crippen LogP contribution in [0.25, 0.3) is 0 Å². The van der Waals surface area contributed by atoms with Crippen LogP contribution in [0.2, 0.25) is 0 Å². The van der Waals surface area contributed by atoms with Crippen LogP contribution in [0.4, 0.5) is 4.39 Å². The highest BCUT2D eigenvalue weighted by atomic mass is 19.1. The second kappa shape index (κ2) is 7.45. The summed E-state index contributed by atoms with van der Waals surface area (Å²) in [5, 5.41) is 14.7. The number of likely N-dealkylation sites (tertiary alicyclic amines) is 1. The summed E-state index contributed by atoms with van der Waals surface area (Å²) in [7, 11) is 0. The van der Waals surface area contributed by atoms with E-state index in [2.05, 4.69) is 10.6 Å². The molecule has 1 saturated heterocycles. The van der Waals surface area contributed by atoms with Crippen LogP contribution in [0.5, 0.6) is 0 Å². The number of carbonyl (C=O) groups excluding carboxylic acids is 2. The van der Waals surface area contributed by atoms with Gasteiger partial charge in [0.05, 0.1) is 25.4 Å². The van der Waals surface area contributed by atoms with Crippen LogP contribution in [0.3, 0.4) is 0 Å². The molecule has 130 valence electrons. The van der Waals surface area contributed by atoms with E-state index < -0.39 is 17.8 Å². The highest BCUT2D eigenvalue weighted by Gasteiger charge is 2.35. The summed E-state index contributed by atoms with van der Waals surface area (Å²) < 4.78 is 18.4. The van der Waals surface area contributed by atoms with Gasteiger partial charge in [-0.25, -0.2) is 4.39 Å². The van der Waals surface area contributed by atoms with E-state index in [1.807, 2.05) is 19.9 Å². The molecule has 0 spiro atoms. The molecule has 8 heteroatoms. The van der Waals surface area contributed by atoms with Gasteiger partial charge in [-0.15, -0.1) is 0 Å². The third-order valence-electron chi connectivity index (χ3n) is 3.87. The molecule has 24 heavy (non-hydrogen) atoms. The topological polar surface area (TPSA) is 98.4 Å². The lowest BCUT2D eigenvalue weighted by Gasteiger charge is -2.28. The molecule has 0 saturated carbocycles. The van der Waals surface area contributed by atoms with Gasteiger partial charge >= 0.3 is 0 Å². The summed E-state index contributed by atoms with van der Waals surface area (Å²) >= 11 is 0. The summed E-state index contributed by atoms with van der Waals surface area (Å²) in [6, 6.07) is 4.42. The second-order valence-electron chi connectivity index (χ2n) is 6.42. The van der Waals surface area contributed by atoms with Crippen molar-refractivity contribution in [3.05, 3.63) is 24.2 Å². The number of carbonyl (C=O) groups is 2. The average molecular weight is 336 g/mol. The number of nitrogens with one attached hydrogen (secondary N) is 2. The van der Waals surface area contributed by atoms with Gasteiger partial charge in [0.2, 0.25) is 5.91 Å². The van der Waals surface area contributed by atoms with Gasteiger partial charge in [0, 0.05) is 18.5 Å². The molecule has 0 bridgehead atoms. The second-order valence-corrected chi connectivity index (χ2v) is 6.42. The molecule has 2 heterocycles. The SMILES string of the molecule is CC(C)(CNC(=O)c1ccco1)NCC(=O)N1C[C@@H](F)C[C@H]1C#N. The minimum absolute atomic E-state index is 0.0332. The Hall–Kier alpha value is -2.40. The molecular formula is C16H21FN4O3. The number of nitriles is 1. The highest BCUT2D eigenvalue weighted by molar-refractivity contribution is 5.91. The summed E-state index contributed by atoms with van der Waals surface area (Å²) in [6.07, 6.45) is 0.320. The molecule has 1 aromatic heterocycles. The normalized spacial score (nSPS) is 20.7. The van der Waals surface area contributed by atoms with E-state index in [4.69, 9.17) is 9.68 Å². The zero-order valence-corrected chi connectivity index (χ0v) is 13.7. The lowest BCUT2D eigenvalue weighted by molar-refractivity contribution is -0.130. The number of halogens is 1.